The van der Waals surface area contributed by atoms with Gasteiger partial charge in [0.25, 0.3) is 0 Å². The molecule has 0 saturated carbocycles. The first-order valence-corrected chi connectivity index (χ1v) is 5.96. The summed E-state index contributed by atoms with van der Waals surface area (Å²) in [6.45, 7) is 0.288. The van der Waals surface area contributed by atoms with Crippen LogP contribution in [0.5, 0.6) is 0 Å². The molecule has 2 rings (SSSR count). The highest BCUT2D eigenvalue weighted by molar-refractivity contribution is 6.06. The molecule has 0 bridgehead atoms. The molecule has 1 unspecified atom stereocenters. The minimum absolute atomic E-state index is 0.0669. The van der Waals surface area contributed by atoms with E-state index >= 15 is 0 Å². The van der Waals surface area contributed by atoms with Crippen LogP contribution in [0.2, 0.25) is 0 Å². The van der Waals surface area contributed by atoms with Crippen LogP contribution >= 0.6 is 0 Å². The monoisotopic (exact) mass is 264 g/mol. The molecule has 1 heterocycles. The summed E-state index contributed by atoms with van der Waals surface area (Å²) < 4.78 is 4.70. The molecule has 1 aromatic carbocycles. The van der Waals surface area contributed by atoms with E-state index in [4.69, 9.17) is 15.6 Å². The Labute approximate surface area is 110 Å². The number of hydrogen-bond acceptors (Lipinski definition) is 5. The molecule has 6 heteroatoms. The highest BCUT2D eigenvalue weighted by Gasteiger charge is 2.33. The van der Waals surface area contributed by atoms with Crippen LogP contribution in [-0.2, 0) is 9.53 Å². The number of nitrogens with two attached hydrogens (primary N) is 1. The van der Waals surface area contributed by atoms with E-state index < -0.39 is 5.97 Å². The van der Waals surface area contributed by atoms with Gasteiger partial charge in [-0.2, -0.15) is 0 Å². The highest BCUT2D eigenvalue weighted by Crippen LogP contribution is 2.33. The fourth-order valence-electron chi connectivity index (χ4n) is 2.26. The number of anilines is 2. The van der Waals surface area contributed by atoms with E-state index in [1.54, 1.807) is 18.2 Å². The summed E-state index contributed by atoms with van der Waals surface area (Å²) in [4.78, 5) is 25.1. The molecule has 0 spiro atoms. The van der Waals surface area contributed by atoms with Crippen molar-refractivity contribution in [2.75, 3.05) is 30.9 Å². The lowest BCUT2D eigenvalue weighted by molar-refractivity contribution is -0.117. The van der Waals surface area contributed by atoms with Gasteiger partial charge in [-0.15, -0.1) is 0 Å². The zero-order valence-corrected chi connectivity index (χ0v) is 10.6. The zero-order chi connectivity index (χ0) is 14.0. The molecular weight excluding hydrogens is 248 g/mol. The SMILES string of the molecule is COC(=O)c1cccc(N)c1N1CC(CO)CC1=O. The fraction of sp³-hybridized carbons (Fsp3) is 0.385. The van der Waals surface area contributed by atoms with E-state index in [1.807, 2.05) is 0 Å². The molecule has 1 atom stereocenters. The standard InChI is InChI=1S/C13H16N2O4/c1-19-13(18)9-3-2-4-10(14)12(9)15-6-8(7-16)5-11(15)17/h2-4,8,16H,5-7,14H2,1H3. The number of carbonyl (C=O) groups excluding carboxylic acids is 2. The van der Waals surface area contributed by atoms with E-state index in [0.717, 1.165) is 0 Å². The first-order chi connectivity index (χ1) is 9.08. The number of nitrogens with zero attached hydrogens (tertiary/aromatic N) is 1. The van der Waals surface area contributed by atoms with Gasteiger partial charge in [0.05, 0.1) is 24.0 Å². The molecule has 1 fully saturated rings. The van der Waals surface area contributed by atoms with Crippen LogP contribution in [0.4, 0.5) is 11.4 Å². The predicted molar refractivity (Wildman–Crippen MR) is 69.7 cm³/mol. The van der Waals surface area contributed by atoms with E-state index in [1.165, 1.54) is 12.0 Å². The third-order valence-corrected chi connectivity index (χ3v) is 3.21. The quantitative estimate of drug-likeness (QED) is 0.609. The van der Waals surface area contributed by atoms with E-state index in [2.05, 4.69) is 0 Å². The summed E-state index contributed by atoms with van der Waals surface area (Å²) in [7, 11) is 1.28. The number of methoxy groups -OCH3 is 1. The van der Waals surface area contributed by atoms with Crippen molar-refractivity contribution in [1.82, 2.24) is 0 Å². The van der Waals surface area contributed by atoms with Crippen LogP contribution in [0.3, 0.4) is 0 Å². The van der Waals surface area contributed by atoms with Gasteiger partial charge in [0.2, 0.25) is 5.91 Å². The van der Waals surface area contributed by atoms with Crippen molar-refractivity contribution in [3.05, 3.63) is 23.8 Å². The molecule has 3 N–H and O–H groups in total. The Bertz CT molecular complexity index is 515. The average molecular weight is 264 g/mol. The summed E-state index contributed by atoms with van der Waals surface area (Å²) in [6, 6.07) is 4.83. The maximum atomic E-state index is 12.0. The molecule has 1 aromatic rings. The number of amides is 1. The van der Waals surface area contributed by atoms with Crippen LogP contribution in [0.1, 0.15) is 16.8 Å². The second-order valence-corrected chi connectivity index (χ2v) is 4.49. The molecule has 0 aromatic heterocycles. The number of esters is 1. The van der Waals surface area contributed by atoms with Crippen LogP contribution in [0.25, 0.3) is 0 Å². The van der Waals surface area contributed by atoms with Crippen LogP contribution in [0, 0.1) is 5.92 Å². The first-order valence-electron chi connectivity index (χ1n) is 5.96. The van der Waals surface area contributed by atoms with Gasteiger partial charge in [0, 0.05) is 25.5 Å². The zero-order valence-electron chi connectivity index (χ0n) is 10.6. The maximum absolute atomic E-state index is 12.0. The minimum Gasteiger partial charge on any atom is -0.465 e. The highest BCUT2D eigenvalue weighted by atomic mass is 16.5. The van der Waals surface area contributed by atoms with Crippen molar-refractivity contribution in [3.63, 3.8) is 0 Å². The topological polar surface area (TPSA) is 92.9 Å². The number of hydrogen-bond donors (Lipinski definition) is 2. The molecule has 1 amide bonds. The summed E-state index contributed by atoms with van der Waals surface area (Å²) >= 11 is 0. The minimum atomic E-state index is -0.539. The number of ether oxygens (including phenoxy) is 1. The maximum Gasteiger partial charge on any atom is 0.340 e. The van der Waals surface area contributed by atoms with Gasteiger partial charge < -0.3 is 20.5 Å². The number of carbonyl (C=O) groups is 2. The average Bonchev–Trinajstić information content (AvgIpc) is 2.78. The lowest BCUT2D eigenvalue weighted by Crippen LogP contribution is -2.28. The van der Waals surface area contributed by atoms with E-state index in [-0.39, 0.29) is 30.4 Å². The Hall–Kier alpha value is -2.08. The molecule has 1 aliphatic rings. The Morgan fingerprint density at radius 3 is 2.89 bits per heavy atom. The Balaban J connectivity index is 2.44. The summed E-state index contributed by atoms with van der Waals surface area (Å²) in [5, 5.41) is 9.14. The fourth-order valence-corrected chi connectivity index (χ4v) is 2.26. The molecule has 0 aliphatic carbocycles. The number of nitrogen functional groups attached to an aromatic ring is 1. The number of benzene rings is 1. The molecule has 6 nitrogen and oxygen atoms in total. The molecule has 1 aliphatic heterocycles. The van der Waals surface area contributed by atoms with Gasteiger partial charge in [-0.05, 0) is 12.1 Å². The smallest absolute Gasteiger partial charge is 0.340 e. The Kier molecular flexibility index (Phi) is 3.71. The van der Waals surface area contributed by atoms with Crippen LogP contribution in [-0.4, -0.2) is 37.2 Å². The summed E-state index contributed by atoms with van der Waals surface area (Å²) in [5.74, 6) is -0.817. The predicted octanol–water partition coefficient (Wildman–Crippen LogP) is 0.401. The number of para-hydroxylation sites is 1. The summed E-state index contributed by atoms with van der Waals surface area (Å²) in [6.07, 6.45) is 0.255. The van der Waals surface area contributed by atoms with Crippen molar-refractivity contribution in [3.8, 4) is 0 Å². The number of aliphatic hydroxyl groups is 1. The van der Waals surface area contributed by atoms with Crippen molar-refractivity contribution in [2.24, 2.45) is 5.92 Å². The molecule has 19 heavy (non-hydrogen) atoms. The third kappa shape index (κ3) is 2.39. The van der Waals surface area contributed by atoms with Crippen molar-refractivity contribution in [1.29, 1.82) is 0 Å². The lowest BCUT2D eigenvalue weighted by Gasteiger charge is -2.21. The van der Waals surface area contributed by atoms with Crippen LogP contribution in [0.15, 0.2) is 18.2 Å². The second-order valence-electron chi connectivity index (χ2n) is 4.49. The second kappa shape index (κ2) is 5.27. The van der Waals surface area contributed by atoms with Gasteiger partial charge in [0.15, 0.2) is 0 Å². The van der Waals surface area contributed by atoms with Gasteiger partial charge in [-0.1, -0.05) is 6.07 Å². The van der Waals surface area contributed by atoms with Crippen molar-refractivity contribution >= 4 is 23.3 Å². The molecule has 0 radical (unpaired) electrons. The van der Waals surface area contributed by atoms with Crippen molar-refractivity contribution in [2.45, 2.75) is 6.42 Å². The molecule has 1 saturated heterocycles. The van der Waals surface area contributed by atoms with E-state index in [9.17, 15) is 9.59 Å². The van der Waals surface area contributed by atoms with Crippen molar-refractivity contribution < 1.29 is 19.4 Å². The first kappa shape index (κ1) is 13.4. The van der Waals surface area contributed by atoms with E-state index in [0.29, 0.717) is 17.9 Å². The van der Waals surface area contributed by atoms with Gasteiger partial charge in [-0.25, -0.2) is 4.79 Å². The van der Waals surface area contributed by atoms with Crippen LogP contribution < -0.4 is 10.6 Å². The number of aliphatic hydroxyl groups excluding tert-OH is 1. The summed E-state index contributed by atoms with van der Waals surface area (Å²) in [5.41, 5.74) is 6.85. The molecular formula is C13H16N2O4. The normalized spacial score (nSPS) is 18.7. The number of rotatable bonds is 3. The molecule has 102 valence electrons. The largest absolute Gasteiger partial charge is 0.465 e. The van der Waals surface area contributed by atoms with Gasteiger partial charge in [0.1, 0.15) is 0 Å². The Morgan fingerprint density at radius 1 is 1.58 bits per heavy atom. The lowest BCUT2D eigenvalue weighted by atomic mass is 10.1. The Morgan fingerprint density at radius 2 is 2.32 bits per heavy atom. The van der Waals surface area contributed by atoms with Gasteiger partial charge in [-0.3, -0.25) is 4.79 Å². The third-order valence-electron chi connectivity index (χ3n) is 3.21. The van der Waals surface area contributed by atoms with Gasteiger partial charge >= 0.3 is 5.97 Å².